The molecule has 7 nitrogen and oxygen atoms in total. The fraction of sp³-hybridized carbons (Fsp3) is 0.238. The van der Waals surface area contributed by atoms with Gasteiger partial charge in [0.1, 0.15) is 11.6 Å². The Morgan fingerprint density at radius 2 is 1.77 bits per heavy atom. The van der Waals surface area contributed by atoms with E-state index in [-0.39, 0.29) is 16.4 Å². The van der Waals surface area contributed by atoms with Crippen LogP contribution in [0.4, 0.5) is 20.3 Å². The van der Waals surface area contributed by atoms with Gasteiger partial charge in [0.25, 0.3) is 0 Å². The summed E-state index contributed by atoms with van der Waals surface area (Å²) >= 11 is 0. The highest BCUT2D eigenvalue weighted by molar-refractivity contribution is 7.89. The Hall–Kier alpha value is -2.95. The van der Waals surface area contributed by atoms with Gasteiger partial charge in [0.15, 0.2) is 5.82 Å². The molecule has 1 N–H and O–H groups in total. The molecule has 0 saturated carbocycles. The molecule has 0 aliphatic carbocycles. The van der Waals surface area contributed by atoms with E-state index in [0.717, 1.165) is 12.1 Å². The summed E-state index contributed by atoms with van der Waals surface area (Å²) in [5.41, 5.74) is 1.75. The maximum Gasteiger partial charge on any atom is 0.243 e. The fourth-order valence-corrected chi connectivity index (χ4v) is 4.90. The van der Waals surface area contributed by atoms with E-state index in [2.05, 4.69) is 15.5 Å². The minimum atomic E-state index is -3.66. The molecule has 2 heterocycles. The third kappa shape index (κ3) is 4.55. The first-order chi connectivity index (χ1) is 14.8. The fourth-order valence-electron chi connectivity index (χ4n) is 3.25. The Bertz CT molecular complexity index is 1200. The zero-order chi connectivity index (χ0) is 22.0. The zero-order valence-corrected chi connectivity index (χ0v) is 17.5. The number of anilines is 2. The number of sulfonamides is 1. The number of morpholine rings is 1. The number of hydrogen-bond acceptors (Lipinski definition) is 6. The van der Waals surface area contributed by atoms with Gasteiger partial charge in [0.05, 0.1) is 29.5 Å². The number of nitrogens with one attached hydrogen (secondary N) is 1. The van der Waals surface area contributed by atoms with Crippen molar-refractivity contribution in [1.29, 1.82) is 0 Å². The molecule has 1 fully saturated rings. The van der Waals surface area contributed by atoms with E-state index in [0.29, 0.717) is 43.1 Å². The van der Waals surface area contributed by atoms with Crippen molar-refractivity contribution in [3.05, 3.63) is 65.7 Å². The summed E-state index contributed by atoms with van der Waals surface area (Å²) in [7, 11) is -3.66. The number of ether oxygens (including phenoxy) is 1. The summed E-state index contributed by atoms with van der Waals surface area (Å²) in [4.78, 5) is 0.212. The Morgan fingerprint density at radius 3 is 2.45 bits per heavy atom. The average Bonchev–Trinajstić information content (AvgIpc) is 2.77. The second-order valence-corrected chi connectivity index (χ2v) is 8.96. The van der Waals surface area contributed by atoms with Crippen LogP contribution in [0.5, 0.6) is 0 Å². The van der Waals surface area contributed by atoms with Gasteiger partial charge >= 0.3 is 0 Å². The molecule has 0 atom stereocenters. The first-order valence-electron chi connectivity index (χ1n) is 9.59. The molecule has 1 aliphatic rings. The van der Waals surface area contributed by atoms with Gasteiger partial charge < -0.3 is 10.1 Å². The molecule has 4 rings (SSSR count). The predicted octanol–water partition coefficient (Wildman–Crippen LogP) is 3.49. The second-order valence-electron chi connectivity index (χ2n) is 7.05. The molecule has 0 radical (unpaired) electrons. The highest BCUT2D eigenvalue weighted by Gasteiger charge is 2.28. The van der Waals surface area contributed by atoms with Crippen molar-refractivity contribution >= 4 is 21.5 Å². The highest BCUT2D eigenvalue weighted by atomic mass is 32.2. The smallest absolute Gasteiger partial charge is 0.243 e. The summed E-state index contributed by atoms with van der Waals surface area (Å²) in [6, 6.07) is 11.5. The molecule has 1 aromatic heterocycles. The van der Waals surface area contributed by atoms with Gasteiger partial charge in [-0.15, -0.1) is 10.2 Å². The standard InChI is InChI=1S/C21H20F2N4O3S/c1-14-2-3-15(12-20(14)31(28,29)27-8-10-30-11-9-27)18-6-7-21(26-25-18)24-19-5-4-16(22)13-17(19)23/h2-7,12-13H,8-11H2,1H3,(H,24,26). The Labute approximate surface area is 178 Å². The summed E-state index contributed by atoms with van der Waals surface area (Å²) in [6.07, 6.45) is 0. The van der Waals surface area contributed by atoms with Crippen molar-refractivity contribution < 1.29 is 21.9 Å². The largest absolute Gasteiger partial charge is 0.379 e. The van der Waals surface area contributed by atoms with Crippen LogP contribution in [-0.2, 0) is 14.8 Å². The van der Waals surface area contributed by atoms with Crippen LogP contribution in [0.25, 0.3) is 11.3 Å². The van der Waals surface area contributed by atoms with E-state index in [1.54, 1.807) is 37.3 Å². The summed E-state index contributed by atoms with van der Waals surface area (Å²) in [5, 5.41) is 10.9. The SMILES string of the molecule is Cc1ccc(-c2ccc(Nc3ccc(F)cc3F)nn2)cc1S(=O)(=O)N1CCOCC1. The van der Waals surface area contributed by atoms with Crippen LogP contribution >= 0.6 is 0 Å². The maximum atomic E-state index is 13.8. The number of hydrogen-bond donors (Lipinski definition) is 1. The molecular weight excluding hydrogens is 426 g/mol. The van der Waals surface area contributed by atoms with Crippen molar-refractivity contribution in [2.24, 2.45) is 0 Å². The highest BCUT2D eigenvalue weighted by Crippen LogP contribution is 2.27. The molecule has 1 aliphatic heterocycles. The van der Waals surface area contributed by atoms with E-state index in [1.807, 2.05) is 0 Å². The van der Waals surface area contributed by atoms with Crippen LogP contribution in [0.3, 0.4) is 0 Å². The maximum absolute atomic E-state index is 13.8. The number of rotatable bonds is 5. The summed E-state index contributed by atoms with van der Waals surface area (Å²) in [5.74, 6) is -1.16. The van der Waals surface area contributed by atoms with Crippen LogP contribution in [0, 0.1) is 18.6 Å². The molecule has 2 aromatic carbocycles. The molecule has 31 heavy (non-hydrogen) atoms. The normalized spacial score (nSPS) is 15.1. The molecule has 0 spiro atoms. The molecule has 0 bridgehead atoms. The van der Waals surface area contributed by atoms with E-state index < -0.39 is 21.7 Å². The molecule has 0 unspecified atom stereocenters. The third-order valence-electron chi connectivity index (χ3n) is 4.93. The van der Waals surface area contributed by atoms with Crippen LogP contribution in [0.1, 0.15) is 5.56 Å². The minimum absolute atomic E-state index is 0.0673. The molecule has 3 aromatic rings. The minimum Gasteiger partial charge on any atom is -0.379 e. The lowest BCUT2D eigenvalue weighted by atomic mass is 10.1. The van der Waals surface area contributed by atoms with Gasteiger partial charge in [-0.3, -0.25) is 0 Å². The molecule has 0 amide bonds. The van der Waals surface area contributed by atoms with Gasteiger partial charge in [-0.05, 0) is 42.8 Å². The predicted molar refractivity (Wildman–Crippen MR) is 111 cm³/mol. The number of aromatic nitrogens is 2. The van der Waals surface area contributed by atoms with E-state index in [9.17, 15) is 17.2 Å². The van der Waals surface area contributed by atoms with Gasteiger partial charge in [0, 0.05) is 24.7 Å². The Balaban J connectivity index is 1.59. The second kappa shape index (κ2) is 8.66. The van der Waals surface area contributed by atoms with Crippen LogP contribution < -0.4 is 5.32 Å². The van der Waals surface area contributed by atoms with Crippen molar-refractivity contribution in [3.63, 3.8) is 0 Å². The first kappa shape index (κ1) is 21.3. The Kier molecular flexibility index (Phi) is 5.94. The monoisotopic (exact) mass is 446 g/mol. The summed E-state index contributed by atoms with van der Waals surface area (Å²) < 4.78 is 59.6. The van der Waals surface area contributed by atoms with Gasteiger partial charge in [0.2, 0.25) is 10.0 Å². The zero-order valence-electron chi connectivity index (χ0n) is 16.7. The molecule has 162 valence electrons. The van der Waals surface area contributed by atoms with Crippen LogP contribution in [0.15, 0.2) is 53.4 Å². The molecule has 10 heteroatoms. The lowest BCUT2D eigenvalue weighted by molar-refractivity contribution is 0.0730. The van der Waals surface area contributed by atoms with E-state index in [1.165, 1.54) is 10.4 Å². The lowest BCUT2D eigenvalue weighted by Gasteiger charge is -2.26. The van der Waals surface area contributed by atoms with Crippen molar-refractivity contribution in [2.45, 2.75) is 11.8 Å². The van der Waals surface area contributed by atoms with Gasteiger partial charge in [-0.1, -0.05) is 12.1 Å². The van der Waals surface area contributed by atoms with Gasteiger partial charge in [-0.25, -0.2) is 17.2 Å². The quantitative estimate of drug-likeness (QED) is 0.646. The first-order valence-corrected chi connectivity index (χ1v) is 11.0. The van der Waals surface area contributed by atoms with Crippen molar-refractivity contribution in [1.82, 2.24) is 14.5 Å². The number of nitrogens with zero attached hydrogens (tertiary/aromatic N) is 3. The number of benzene rings is 2. The topological polar surface area (TPSA) is 84.4 Å². The number of aryl methyl sites for hydroxylation is 1. The lowest BCUT2D eigenvalue weighted by Crippen LogP contribution is -2.40. The third-order valence-corrected chi connectivity index (χ3v) is 6.97. The van der Waals surface area contributed by atoms with Crippen molar-refractivity contribution in [2.75, 3.05) is 31.6 Å². The average molecular weight is 446 g/mol. The van der Waals surface area contributed by atoms with E-state index >= 15 is 0 Å². The molecule has 1 saturated heterocycles. The van der Waals surface area contributed by atoms with Crippen molar-refractivity contribution in [3.8, 4) is 11.3 Å². The van der Waals surface area contributed by atoms with Crippen LogP contribution in [0.2, 0.25) is 0 Å². The van der Waals surface area contributed by atoms with E-state index in [4.69, 9.17) is 4.74 Å². The Morgan fingerprint density at radius 1 is 1.00 bits per heavy atom. The molecular formula is C21H20F2N4O3S. The number of halogens is 2. The van der Waals surface area contributed by atoms with Gasteiger partial charge in [-0.2, -0.15) is 4.31 Å². The van der Waals surface area contributed by atoms with Crippen LogP contribution in [-0.4, -0.2) is 49.2 Å². The summed E-state index contributed by atoms with van der Waals surface area (Å²) in [6.45, 7) is 3.10.